The Morgan fingerprint density at radius 1 is 1.00 bits per heavy atom. The van der Waals surface area contributed by atoms with Gasteiger partial charge in [0.15, 0.2) is 0 Å². The molecular formula is C16H20N2. The Kier molecular flexibility index (Phi) is 3.56. The van der Waals surface area contributed by atoms with Gasteiger partial charge in [0.25, 0.3) is 0 Å². The van der Waals surface area contributed by atoms with Gasteiger partial charge in [0.1, 0.15) is 0 Å². The summed E-state index contributed by atoms with van der Waals surface area (Å²) in [6.45, 7) is 6.35. The third-order valence-corrected chi connectivity index (χ3v) is 3.40. The van der Waals surface area contributed by atoms with Gasteiger partial charge in [-0.05, 0) is 49.6 Å². The molecule has 2 rings (SSSR count). The molecule has 0 aliphatic carbocycles. The monoisotopic (exact) mass is 240 g/mol. The molecule has 0 heterocycles. The smallest absolute Gasteiger partial charge is 0.0488 e. The summed E-state index contributed by atoms with van der Waals surface area (Å²) >= 11 is 0. The fourth-order valence-electron chi connectivity index (χ4n) is 2.19. The van der Waals surface area contributed by atoms with Crippen LogP contribution in [-0.4, -0.2) is 0 Å². The first-order valence-electron chi connectivity index (χ1n) is 6.26. The number of benzene rings is 2. The van der Waals surface area contributed by atoms with Crippen molar-refractivity contribution in [3.05, 3.63) is 59.2 Å². The molecule has 0 aromatic heterocycles. The number of nitrogens with two attached hydrogens (primary N) is 1. The van der Waals surface area contributed by atoms with Crippen LogP contribution in [0, 0.1) is 13.8 Å². The molecule has 0 amide bonds. The lowest BCUT2D eigenvalue weighted by Crippen LogP contribution is -2.09. The molecule has 0 spiro atoms. The van der Waals surface area contributed by atoms with Crippen LogP contribution in [0.3, 0.4) is 0 Å². The largest absolute Gasteiger partial charge is 0.398 e. The van der Waals surface area contributed by atoms with Crippen molar-refractivity contribution in [2.24, 2.45) is 0 Å². The summed E-state index contributed by atoms with van der Waals surface area (Å²) in [7, 11) is 0. The minimum Gasteiger partial charge on any atom is -0.398 e. The van der Waals surface area contributed by atoms with E-state index in [-0.39, 0.29) is 6.04 Å². The molecule has 2 heteroatoms. The van der Waals surface area contributed by atoms with Gasteiger partial charge in [-0.3, -0.25) is 0 Å². The van der Waals surface area contributed by atoms with E-state index in [0.29, 0.717) is 0 Å². The van der Waals surface area contributed by atoms with Gasteiger partial charge in [-0.2, -0.15) is 0 Å². The molecule has 94 valence electrons. The molecular weight excluding hydrogens is 220 g/mol. The summed E-state index contributed by atoms with van der Waals surface area (Å²) < 4.78 is 0. The second-order valence-electron chi connectivity index (χ2n) is 4.74. The minimum absolute atomic E-state index is 0.270. The van der Waals surface area contributed by atoms with Crippen molar-refractivity contribution in [3.63, 3.8) is 0 Å². The lowest BCUT2D eigenvalue weighted by atomic mass is 10.0. The Morgan fingerprint density at radius 3 is 2.44 bits per heavy atom. The Labute approximate surface area is 109 Å². The number of aryl methyl sites for hydroxylation is 1. The zero-order chi connectivity index (χ0) is 13.1. The molecule has 0 aliphatic heterocycles. The van der Waals surface area contributed by atoms with Crippen LogP contribution in [0.15, 0.2) is 42.5 Å². The summed E-state index contributed by atoms with van der Waals surface area (Å²) in [5, 5.41) is 3.53. The predicted molar refractivity (Wildman–Crippen MR) is 78.8 cm³/mol. The van der Waals surface area contributed by atoms with E-state index in [4.69, 9.17) is 5.73 Å². The van der Waals surface area contributed by atoms with Crippen LogP contribution in [0.5, 0.6) is 0 Å². The highest BCUT2D eigenvalue weighted by molar-refractivity contribution is 5.63. The van der Waals surface area contributed by atoms with E-state index in [2.05, 4.69) is 49.5 Å². The third-order valence-electron chi connectivity index (χ3n) is 3.40. The van der Waals surface area contributed by atoms with Crippen molar-refractivity contribution >= 4 is 11.4 Å². The summed E-state index contributed by atoms with van der Waals surface area (Å²) in [4.78, 5) is 0. The maximum absolute atomic E-state index is 5.92. The molecule has 0 aliphatic rings. The van der Waals surface area contributed by atoms with E-state index in [9.17, 15) is 0 Å². The molecule has 1 atom stereocenters. The molecule has 3 N–H and O–H groups in total. The zero-order valence-corrected chi connectivity index (χ0v) is 11.2. The first-order chi connectivity index (χ1) is 8.59. The van der Waals surface area contributed by atoms with Crippen LogP contribution >= 0.6 is 0 Å². The van der Waals surface area contributed by atoms with Gasteiger partial charge in [-0.25, -0.2) is 0 Å². The first-order valence-corrected chi connectivity index (χ1v) is 6.26. The van der Waals surface area contributed by atoms with Crippen molar-refractivity contribution in [1.29, 1.82) is 0 Å². The maximum Gasteiger partial charge on any atom is 0.0488 e. The number of rotatable bonds is 3. The fraction of sp³-hybridized carbons (Fsp3) is 0.250. The summed E-state index contributed by atoms with van der Waals surface area (Å²) in [6, 6.07) is 14.7. The van der Waals surface area contributed by atoms with Crippen molar-refractivity contribution in [2.45, 2.75) is 26.8 Å². The van der Waals surface area contributed by atoms with Crippen LogP contribution in [-0.2, 0) is 0 Å². The number of anilines is 2. The van der Waals surface area contributed by atoms with Gasteiger partial charge in [0, 0.05) is 17.4 Å². The van der Waals surface area contributed by atoms with Crippen LogP contribution < -0.4 is 11.1 Å². The molecule has 0 fully saturated rings. The van der Waals surface area contributed by atoms with Gasteiger partial charge in [0.05, 0.1) is 0 Å². The standard InChI is InChI=1S/C16H20N2/c1-11-7-4-5-8-14(11)13(3)18-16-10-6-9-15(17)12(16)2/h4-10,13,18H,17H2,1-3H3. The predicted octanol–water partition coefficient (Wildman–Crippen LogP) is 4.06. The number of hydrogen-bond donors (Lipinski definition) is 2. The lowest BCUT2D eigenvalue weighted by Gasteiger charge is -2.19. The van der Waals surface area contributed by atoms with Gasteiger partial charge in [0.2, 0.25) is 0 Å². The second kappa shape index (κ2) is 5.13. The first kappa shape index (κ1) is 12.5. The van der Waals surface area contributed by atoms with Gasteiger partial charge in [-0.1, -0.05) is 30.3 Å². The summed E-state index contributed by atoms with van der Waals surface area (Å²) in [5.41, 5.74) is 11.6. The summed E-state index contributed by atoms with van der Waals surface area (Å²) in [6.07, 6.45) is 0. The van der Waals surface area contributed by atoms with Gasteiger partial charge >= 0.3 is 0 Å². The Bertz CT molecular complexity index is 547. The molecule has 0 radical (unpaired) electrons. The van der Waals surface area contributed by atoms with Crippen molar-refractivity contribution in [1.82, 2.24) is 0 Å². The third kappa shape index (κ3) is 2.48. The molecule has 0 bridgehead atoms. The molecule has 2 nitrogen and oxygen atoms in total. The molecule has 18 heavy (non-hydrogen) atoms. The topological polar surface area (TPSA) is 38.0 Å². The van der Waals surface area contributed by atoms with E-state index in [1.54, 1.807) is 0 Å². The SMILES string of the molecule is Cc1ccccc1C(C)Nc1cccc(N)c1C. The van der Waals surface area contributed by atoms with E-state index in [1.165, 1.54) is 11.1 Å². The lowest BCUT2D eigenvalue weighted by molar-refractivity contribution is 0.872. The quantitative estimate of drug-likeness (QED) is 0.794. The number of hydrogen-bond acceptors (Lipinski definition) is 2. The average Bonchev–Trinajstić information content (AvgIpc) is 2.35. The normalized spacial score (nSPS) is 12.2. The van der Waals surface area contributed by atoms with E-state index in [0.717, 1.165) is 16.9 Å². The highest BCUT2D eigenvalue weighted by atomic mass is 14.9. The van der Waals surface area contributed by atoms with Crippen molar-refractivity contribution in [2.75, 3.05) is 11.1 Å². The highest BCUT2D eigenvalue weighted by Gasteiger charge is 2.09. The van der Waals surface area contributed by atoms with Crippen molar-refractivity contribution < 1.29 is 0 Å². The molecule has 1 unspecified atom stereocenters. The van der Waals surface area contributed by atoms with E-state index in [1.807, 2.05) is 19.1 Å². The molecule has 2 aromatic carbocycles. The van der Waals surface area contributed by atoms with E-state index >= 15 is 0 Å². The minimum atomic E-state index is 0.270. The molecule has 2 aromatic rings. The Balaban J connectivity index is 2.24. The second-order valence-corrected chi connectivity index (χ2v) is 4.74. The summed E-state index contributed by atoms with van der Waals surface area (Å²) in [5.74, 6) is 0. The van der Waals surface area contributed by atoms with Crippen LogP contribution in [0.25, 0.3) is 0 Å². The van der Waals surface area contributed by atoms with Crippen LogP contribution in [0.2, 0.25) is 0 Å². The maximum atomic E-state index is 5.92. The van der Waals surface area contributed by atoms with Gasteiger partial charge < -0.3 is 11.1 Å². The zero-order valence-electron chi connectivity index (χ0n) is 11.2. The Hall–Kier alpha value is -1.96. The Morgan fingerprint density at radius 2 is 1.72 bits per heavy atom. The fourth-order valence-corrected chi connectivity index (χ4v) is 2.19. The molecule has 0 saturated carbocycles. The number of nitrogen functional groups attached to an aromatic ring is 1. The van der Waals surface area contributed by atoms with E-state index < -0.39 is 0 Å². The van der Waals surface area contributed by atoms with Crippen molar-refractivity contribution in [3.8, 4) is 0 Å². The van der Waals surface area contributed by atoms with Crippen LogP contribution in [0.1, 0.15) is 29.7 Å². The van der Waals surface area contributed by atoms with Gasteiger partial charge in [-0.15, -0.1) is 0 Å². The average molecular weight is 240 g/mol. The number of nitrogens with one attached hydrogen (secondary N) is 1. The highest BCUT2D eigenvalue weighted by Crippen LogP contribution is 2.26. The van der Waals surface area contributed by atoms with Crippen LogP contribution in [0.4, 0.5) is 11.4 Å². The molecule has 0 saturated heterocycles.